The third-order valence-corrected chi connectivity index (χ3v) is 4.50. The van der Waals surface area contributed by atoms with Gasteiger partial charge in [-0.15, -0.1) is 0 Å². The molecule has 0 saturated heterocycles. The molecule has 144 valence electrons. The number of anilines is 1. The number of esters is 1. The van der Waals surface area contributed by atoms with E-state index in [0.717, 1.165) is 15.8 Å². The van der Waals surface area contributed by atoms with Gasteiger partial charge in [0.05, 0.1) is 19.0 Å². The molecule has 3 aromatic rings. The Labute approximate surface area is 170 Å². The normalized spacial score (nSPS) is 10.4. The molecule has 0 aliphatic carbocycles. The third-order valence-electron chi connectivity index (χ3n) is 3.97. The summed E-state index contributed by atoms with van der Waals surface area (Å²) in [4.78, 5) is 24.5. The first-order chi connectivity index (χ1) is 13.5. The number of aryl methyl sites for hydroxylation is 1. The molecule has 0 aliphatic heterocycles. The van der Waals surface area contributed by atoms with Gasteiger partial charge in [-0.25, -0.2) is 4.79 Å². The lowest BCUT2D eigenvalue weighted by molar-refractivity contribution is 0.0589. The quantitative estimate of drug-likeness (QED) is 0.585. The number of carbonyl (C=O) groups is 2. The van der Waals surface area contributed by atoms with Crippen LogP contribution in [0.2, 0.25) is 0 Å². The van der Waals surface area contributed by atoms with Gasteiger partial charge in [-0.1, -0.05) is 28.1 Å². The summed E-state index contributed by atoms with van der Waals surface area (Å²) >= 11 is 3.38. The molecule has 0 saturated carbocycles. The van der Waals surface area contributed by atoms with E-state index in [1.54, 1.807) is 25.2 Å². The minimum atomic E-state index is -0.577. The van der Waals surface area contributed by atoms with Crippen molar-refractivity contribution >= 4 is 33.5 Å². The molecule has 0 atom stereocenters. The van der Waals surface area contributed by atoms with Crippen LogP contribution in [-0.2, 0) is 18.4 Å². The molecule has 0 fully saturated rings. The first-order valence-electron chi connectivity index (χ1n) is 8.37. The Kier molecular flexibility index (Phi) is 6.10. The molecule has 0 aliphatic rings. The third kappa shape index (κ3) is 4.58. The standard InChI is InChI=1S/C20H18BrN3O4/c1-24-18(20(26)27-2)17(11-22-24)23-19(25)14-5-3-4-13(10-14)12-28-16-8-6-15(21)7-9-16/h3-11H,12H2,1-2H3,(H,23,25). The van der Waals surface area contributed by atoms with Crippen molar-refractivity contribution in [3.05, 3.63) is 76.0 Å². The highest BCUT2D eigenvalue weighted by Crippen LogP contribution is 2.19. The van der Waals surface area contributed by atoms with Crippen LogP contribution in [0.25, 0.3) is 0 Å². The van der Waals surface area contributed by atoms with E-state index >= 15 is 0 Å². The Balaban J connectivity index is 1.70. The Bertz CT molecular complexity index is 999. The number of benzene rings is 2. The van der Waals surface area contributed by atoms with Crippen molar-refractivity contribution in [2.75, 3.05) is 12.4 Å². The Morgan fingerprint density at radius 3 is 2.64 bits per heavy atom. The fraction of sp³-hybridized carbons (Fsp3) is 0.150. The number of hydrogen-bond donors (Lipinski definition) is 1. The maximum Gasteiger partial charge on any atom is 0.358 e. The molecule has 0 bridgehead atoms. The second-order valence-electron chi connectivity index (χ2n) is 5.92. The van der Waals surface area contributed by atoms with Crippen molar-refractivity contribution in [2.45, 2.75) is 6.61 Å². The number of hydrogen-bond acceptors (Lipinski definition) is 5. The van der Waals surface area contributed by atoms with Gasteiger partial charge in [-0.3, -0.25) is 9.48 Å². The summed E-state index contributed by atoms with van der Waals surface area (Å²) in [6.07, 6.45) is 1.41. The number of rotatable bonds is 6. The largest absolute Gasteiger partial charge is 0.489 e. The van der Waals surface area contributed by atoms with E-state index in [-0.39, 0.29) is 17.3 Å². The lowest BCUT2D eigenvalue weighted by atomic mass is 10.1. The summed E-state index contributed by atoms with van der Waals surface area (Å²) < 4.78 is 12.8. The molecular weight excluding hydrogens is 426 g/mol. The van der Waals surface area contributed by atoms with Gasteiger partial charge in [0.15, 0.2) is 5.69 Å². The van der Waals surface area contributed by atoms with Gasteiger partial charge in [-0.05, 0) is 42.0 Å². The van der Waals surface area contributed by atoms with Gasteiger partial charge >= 0.3 is 5.97 Å². The number of aromatic nitrogens is 2. The van der Waals surface area contributed by atoms with E-state index in [1.165, 1.54) is 18.0 Å². The fourth-order valence-electron chi connectivity index (χ4n) is 2.56. The van der Waals surface area contributed by atoms with E-state index < -0.39 is 5.97 Å². The number of halogens is 1. The van der Waals surface area contributed by atoms with Crippen LogP contribution in [0, 0.1) is 0 Å². The van der Waals surface area contributed by atoms with E-state index in [2.05, 4.69) is 26.3 Å². The Morgan fingerprint density at radius 2 is 1.93 bits per heavy atom. The van der Waals surface area contributed by atoms with Gasteiger partial charge in [0.25, 0.3) is 5.91 Å². The topological polar surface area (TPSA) is 82.4 Å². The lowest BCUT2D eigenvalue weighted by Crippen LogP contribution is -2.16. The van der Waals surface area contributed by atoms with Crippen molar-refractivity contribution in [2.24, 2.45) is 7.05 Å². The molecule has 1 N–H and O–H groups in total. The van der Waals surface area contributed by atoms with Crippen LogP contribution >= 0.6 is 15.9 Å². The van der Waals surface area contributed by atoms with E-state index in [0.29, 0.717) is 12.2 Å². The van der Waals surface area contributed by atoms with Crippen molar-refractivity contribution in [1.82, 2.24) is 9.78 Å². The van der Waals surface area contributed by atoms with Gasteiger partial charge in [0, 0.05) is 17.1 Å². The van der Waals surface area contributed by atoms with Gasteiger partial charge < -0.3 is 14.8 Å². The molecule has 1 aromatic heterocycles. The lowest BCUT2D eigenvalue weighted by Gasteiger charge is -2.09. The van der Waals surface area contributed by atoms with Crippen LogP contribution in [0.4, 0.5) is 5.69 Å². The van der Waals surface area contributed by atoms with Gasteiger partial charge in [0.1, 0.15) is 12.4 Å². The smallest absolute Gasteiger partial charge is 0.358 e. The van der Waals surface area contributed by atoms with Crippen molar-refractivity contribution in [3.63, 3.8) is 0 Å². The Hall–Kier alpha value is -3.13. The zero-order chi connectivity index (χ0) is 20.1. The fourth-order valence-corrected chi connectivity index (χ4v) is 2.83. The van der Waals surface area contributed by atoms with Crippen molar-refractivity contribution in [1.29, 1.82) is 0 Å². The number of nitrogens with one attached hydrogen (secondary N) is 1. The minimum Gasteiger partial charge on any atom is -0.489 e. The SMILES string of the molecule is COC(=O)c1c(NC(=O)c2cccc(COc3ccc(Br)cc3)c2)cnn1C. The van der Waals surface area contributed by atoms with Crippen LogP contribution in [0.5, 0.6) is 5.75 Å². The second-order valence-corrected chi connectivity index (χ2v) is 6.83. The van der Waals surface area contributed by atoms with Gasteiger partial charge in [0.2, 0.25) is 0 Å². The van der Waals surface area contributed by atoms with Crippen LogP contribution in [0.3, 0.4) is 0 Å². The summed E-state index contributed by atoms with van der Waals surface area (Å²) in [5, 5.41) is 6.70. The number of carbonyl (C=O) groups excluding carboxylic acids is 2. The predicted octanol–water partition coefficient (Wildman–Crippen LogP) is 3.80. The predicted molar refractivity (Wildman–Crippen MR) is 107 cm³/mol. The monoisotopic (exact) mass is 443 g/mol. The molecule has 1 heterocycles. The number of amides is 1. The van der Waals surface area contributed by atoms with Crippen LogP contribution < -0.4 is 10.1 Å². The molecule has 7 nitrogen and oxygen atoms in total. The zero-order valence-corrected chi connectivity index (χ0v) is 16.9. The highest BCUT2D eigenvalue weighted by molar-refractivity contribution is 9.10. The first-order valence-corrected chi connectivity index (χ1v) is 9.16. The number of nitrogens with zero attached hydrogens (tertiary/aromatic N) is 2. The second kappa shape index (κ2) is 8.71. The van der Waals surface area contributed by atoms with E-state index in [9.17, 15) is 9.59 Å². The summed E-state index contributed by atoms with van der Waals surface area (Å²) in [6.45, 7) is 0.322. The molecular formula is C20H18BrN3O4. The summed E-state index contributed by atoms with van der Waals surface area (Å²) in [5.41, 5.74) is 1.74. The Morgan fingerprint density at radius 1 is 1.18 bits per heavy atom. The van der Waals surface area contributed by atoms with Crippen molar-refractivity contribution in [3.8, 4) is 5.75 Å². The molecule has 8 heteroatoms. The molecule has 0 unspecified atom stereocenters. The average Bonchev–Trinajstić information content (AvgIpc) is 3.07. The average molecular weight is 444 g/mol. The van der Waals surface area contributed by atoms with E-state index in [4.69, 9.17) is 9.47 Å². The highest BCUT2D eigenvalue weighted by Gasteiger charge is 2.19. The summed E-state index contributed by atoms with van der Waals surface area (Å²) in [7, 11) is 2.87. The van der Waals surface area contributed by atoms with Crippen LogP contribution in [-0.4, -0.2) is 28.8 Å². The molecule has 0 spiro atoms. The molecule has 1 amide bonds. The van der Waals surface area contributed by atoms with E-state index in [1.807, 2.05) is 30.3 Å². The molecule has 0 radical (unpaired) electrons. The maximum atomic E-state index is 12.6. The molecule has 2 aromatic carbocycles. The van der Waals surface area contributed by atoms with Crippen LogP contribution in [0.1, 0.15) is 26.4 Å². The van der Waals surface area contributed by atoms with Crippen LogP contribution in [0.15, 0.2) is 59.2 Å². The number of methoxy groups -OCH3 is 1. The number of ether oxygens (including phenoxy) is 2. The molecule has 3 rings (SSSR count). The maximum absolute atomic E-state index is 12.6. The first kappa shape index (κ1) is 19.6. The summed E-state index contributed by atoms with van der Waals surface area (Å²) in [5.74, 6) is -0.202. The van der Waals surface area contributed by atoms with Gasteiger partial charge in [-0.2, -0.15) is 5.10 Å². The summed E-state index contributed by atoms with van der Waals surface area (Å²) in [6, 6.07) is 14.6. The highest BCUT2D eigenvalue weighted by atomic mass is 79.9. The minimum absolute atomic E-state index is 0.172. The van der Waals surface area contributed by atoms with Crippen molar-refractivity contribution < 1.29 is 19.1 Å². The molecule has 28 heavy (non-hydrogen) atoms. The zero-order valence-electron chi connectivity index (χ0n) is 15.3.